The first kappa shape index (κ1) is 11.5. The van der Waals surface area contributed by atoms with Gasteiger partial charge < -0.3 is 11.1 Å². The van der Waals surface area contributed by atoms with Crippen LogP contribution in [0.3, 0.4) is 0 Å². The second-order valence-corrected chi connectivity index (χ2v) is 4.78. The zero-order chi connectivity index (χ0) is 12.4. The van der Waals surface area contributed by atoms with Gasteiger partial charge in [-0.1, -0.05) is 0 Å². The SMILES string of the molecule is Cc1nc(C)c(C(=O)Nc2ccc(N)cn2)s1. The molecule has 5 nitrogen and oxygen atoms in total. The molecule has 88 valence electrons. The van der Waals surface area contributed by atoms with Gasteiger partial charge in [0.1, 0.15) is 10.7 Å². The lowest BCUT2D eigenvalue weighted by atomic mass is 10.3. The number of nitrogens with zero attached hydrogens (tertiary/aromatic N) is 2. The minimum atomic E-state index is -0.189. The highest BCUT2D eigenvalue weighted by Crippen LogP contribution is 2.18. The Morgan fingerprint density at radius 1 is 1.41 bits per heavy atom. The minimum absolute atomic E-state index is 0.189. The van der Waals surface area contributed by atoms with Gasteiger partial charge >= 0.3 is 0 Å². The fourth-order valence-electron chi connectivity index (χ4n) is 1.39. The van der Waals surface area contributed by atoms with Crippen molar-refractivity contribution < 1.29 is 4.79 Å². The van der Waals surface area contributed by atoms with Crippen molar-refractivity contribution in [3.63, 3.8) is 0 Å². The van der Waals surface area contributed by atoms with E-state index in [1.807, 2.05) is 13.8 Å². The number of nitrogen functional groups attached to an aromatic ring is 1. The molecule has 1 amide bonds. The van der Waals surface area contributed by atoms with Gasteiger partial charge in [-0.05, 0) is 26.0 Å². The highest BCUT2D eigenvalue weighted by Gasteiger charge is 2.14. The number of carbonyl (C=O) groups is 1. The van der Waals surface area contributed by atoms with Crippen molar-refractivity contribution in [2.24, 2.45) is 0 Å². The number of rotatable bonds is 2. The summed E-state index contributed by atoms with van der Waals surface area (Å²) in [6.45, 7) is 3.69. The van der Waals surface area contributed by atoms with Crippen LogP contribution in [-0.2, 0) is 0 Å². The van der Waals surface area contributed by atoms with Gasteiger partial charge in [-0.15, -0.1) is 11.3 Å². The number of hydrogen-bond donors (Lipinski definition) is 2. The molecule has 2 heterocycles. The number of nitrogens with two attached hydrogens (primary N) is 1. The number of thiazole rings is 1. The van der Waals surface area contributed by atoms with E-state index in [0.717, 1.165) is 10.7 Å². The number of nitrogens with one attached hydrogen (secondary N) is 1. The maximum Gasteiger partial charge on any atom is 0.268 e. The Balaban J connectivity index is 2.17. The summed E-state index contributed by atoms with van der Waals surface area (Å²) in [6, 6.07) is 3.35. The molecule has 0 unspecified atom stereocenters. The van der Waals surface area contributed by atoms with E-state index < -0.39 is 0 Å². The first-order chi connectivity index (χ1) is 8.06. The maximum atomic E-state index is 11.9. The average molecular weight is 248 g/mol. The molecular weight excluding hydrogens is 236 g/mol. The summed E-state index contributed by atoms with van der Waals surface area (Å²) in [6.07, 6.45) is 1.50. The highest BCUT2D eigenvalue weighted by molar-refractivity contribution is 7.13. The summed E-state index contributed by atoms with van der Waals surface area (Å²) < 4.78 is 0. The molecule has 0 radical (unpaired) electrons. The zero-order valence-corrected chi connectivity index (χ0v) is 10.3. The topological polar surface area (TPSA) is 80.9 Å². The van der Waals surface area contributed by atoms with Crippen molar-refractivity contribution in [2.75, 3.05) is 11.1 Å². The highest BCUT2D eigenvalue weighted by atomic mass is 32.1. The molecule has 17 heavy (non-hydrogen) atoms. The third-order valence-corrected chi connectivity index (χ3v) is 3.21. The second-order valence-electron chi connectivity index (χ2n) is 3.58. The predicted molar refractivity (Wildman–Crippen MR) is 68.2 cm³/mol. The van der Waals surface area contributed by atoms with Gasteiger partial charge in [0.15, 0.2) is 0 Å². The van der Waals surface area contributed by atoms with E-state index in [-0.39, 0.29) is 5.91 Å². The van der Waals surface area contributed by atoms with Gasteiger partial charge in [0, 0.05) is 0 Å². The van der Waals surface area contributed by atoms with E-state index in [9.17, 15) is 4.79 Å². The predicted octanol–water partition coefficient (Wildman–Crippen LogP) is 1.99. The minimum Gasteiger partial charge on any atom is -0.397 e. The molecule has 2 aromatic rings. The Bertz CT molecular complexity index is 547. The van der Waals surface area contributed by atoms with Crippen LogP contribution in [0.5, 0.6) is 0 Å². The lowest BCUT2D eigenvalue weighted by molar-refractivity contribution is 0.102. The van der Waals surface area contributed by atoms with Gasteiger partial charge in [-0.3, -0.25) is 4.79 Å². The van der Waals surface area contributed by atoms with Gasteiger partial charge in [0.05, 0.1) is 22.6 Å². The maximum absolute atomic E-state index is 11.9. The van der Waals surface area contributed by atoms with Crippen LogP contribution in [0, 0.1) is 13.8 Å². The van der Waals surface area contributed by atoms with Crippen molar-refractivity contribution >= 4 is 28.7 Å². The molecule has 3 N–H and O–H groups in total. The number of anilines is 2. The fourth-order valence-corrected chi connectivity index (χ4v) is 2.21. The van der Waals surface area contributed by atoms with E-state index in [1.165, 1.54) is 17.5 Å². The standard InChI is InChI=1S/C11H12N4OS/c1-6-10(17-7(2)14-6)11(16)15-9-4-3-8(12)5-13-9/h3-5H,12H2,1-2H3,(H,13,15,16). The molecule has 0 aliphatic carbocycles. The summed E-state index contributed by atoms with van der Waals surface area (Å²) in [5.41, 5.74) is 6.81. The first-order valence-electron chi connectivity index (χ1n) is 5.03. The van der Waals surface area contributed by atoms with Crippen LogP contribution >= 0.6 is 11.3 Å². The molecule has 0 aliphatic rings. The van der Waals surface area contributed by atoms with Crippen LogP contribution in [0.1, 0.15) is 20.4 Å². The molecular formula is C11H12N4OS. The van der Waals surface area contributed by atoms with Crippen LogP contribution in [-0.4, -0.2) is 15.9 Å². The number of amides is 1. The molecule has 6 heteroatoms. The third kappa shape index (κ3) is 2.59. The molecule has 0 atom stereocenters. The summed E-state index contributed by atoms with van der Waals surface area (Å²) in [5.74, 6) is 0.292. The molecule has 0 spiro atoms. The lowest BCUT2D eigenvalue weighted by Crippen LogP contribution is -2.12. The van der Waals surface area contributed by atoms with Crippen LogP contribution in [0.4, 0.5) is 11.5 Å². The summed E-state index contributed by atoms with van der Waals surface area (Å²) in [5, 5.41) is 3.58. The van der Waals surface area contributed by atoms with Gasteiger partial charge in [-0.2, -0.15) is 0 Å². The molecule has 2 aromatic heterocycles. The van der Waals surface area contributed by atoms with Crippen LogP contribution in [0.15, 0.2) is 18.3 Å². The monoisotopic (exact) mass is 248 g/mol. The third-order valence-electron chi connectivity index (χ3n) is 2.14. The quantitative estimate of drug-likeness (QED) is 0.851. The number of pyridine rings is 1. The number of aromatic nitrogens is 2. The van der Waals surface area contributed by atoms with Gasteiger partial charge in [0.2, 0.25) is 0 Å². The fraction of sp³-hybridized carbons (Fsp3) is 0.182. The van der Waals surface area contributed by atoms with E-state index in [1.54, 1.807) is 12.1 Å². The van der Waals surface area contributed by atoms with Gasteiger partial charge in [-0.25, -0.2) is 9.97 Å². The van der Waals surface area contributed by atoms with Crippen LogP contribution < -0.4 is 11.1 Å². The van der Waals surface area contributed by atoms with E-state index in [0.29, 0.717) is 16.4 Å². The summed E-state index contributed by atoms with van der Waals surface area (Å²) in [4.78, 5) is 20.7. The van der Waals surface area contributed by atoms with E-state index in [2.05, 4.69) is 15.3 Å². The van der Waals surface area contributed by atoms with Crippen molar-refractivity contribution in [3.05, 3.63) is 33.9 Å². The smallest absolute Gasteiger partial charge is 0.268 e. The Morgan fingerprint density at radius 2 is 2.18 bits per heavy atom. The van der Waals surface area contributed by atoms with Crippen molar-refractivity contribution in [2.45, 2.75) is 13.8 Å². The van der Waals surface area contributed by atoms with Crippen molar-refractivity contribution in [3.8, 4) is 0 Å². The Morgan fingerprint density at radius 3 is 2.71 bits per heavy atom. The summed E-state index contributed by atoms with van der Waals surface area (Å²) >= 11 is 1.37. The van der Waals surface area contributed by atoms with Crippen molar-refractivity contribution in [1.82, 2.24) is 9.97 Å². The molecule has 0 aliphatic heterocycles. The molecule has 2 rings (SSSR count). The Kier molecular flexibility index (Phi) is 3.06. The lowest BCUT2D eigenvalue weighted by Gasteiger charge is -2.02. The van der Waals surface area contributed by atoms with Crippen LogP contribution in [0.2, 0.25) is 0 Å². The normalized spacial score (nSPS) is 10.2. The van der Waals surface area contributed by atoms with Crippen molar-refractivity contribution in [1.29, 1.82) is 0 Å². The molecule has 0 saturated carbocycles. The van der Waals surface area contributed by atoms with E-state index in [4.69, 9.17) is 5.73 Å². The molecule has 0 aromatic carbocycles. The number of carbonyl (C=O) groups excluding carboxylic acids is 1. The number of hydrogen-bond acceptors (Lipinski definition) is 5. The first-order valence-corrected chi connectivity index (χ1v) is 5.85. The van der Waals surface area contributed by atoms with Gasteiger partial charge in [0.25, 0.3) is 5.91 Å². The van der Waals surface area contributed by atoms with E-state index >= 15 is 0 Å². The Labute approximate surface area is 103 Å². The molecule has 0 fully saturated rings. The zero-order valence-electron chi connectivity index (χ0n) is 9.52. The molecule has 0 bridgehead atoms. The molecule has 0 saturated heterocycles. The number of aryl methyl sites for hydroxylation is 2. The average Bonchev–Trinajstić information content (AvgIpc) is 2.61. The summed E-state index contributed by atoms with van der Waals surface area (Å²) in [7, 11) is 0. The Hall–Kier alpha value is -1.95. The second kappa shape index (κ2) is 4.50. The van der Waals surface area contributed by atoms with Crippen LogP contribution in [0.25, 0.3) is 0 Å². The largest absolute Gasteiger partial charge is 0.397 e.